The van der Waals surface area contributed by atoms with Crippen LogP contribution >= 0.6 is 0 Å². The zero-order chi connectivity index (χ0) is 83.7. The lowest BCUT2D eigenvalue weighted by molar-refractivity contribution is -0.332. The minimum Gasteiger partial charge on any atom is -0.474 e. The van der Waals surface area contributed by atoms with E-state index < -0.39 is 194 Å². The molecule has 4 amide bonds. The molecule has 0 aliphatic rings. The highest BCUT2D eigenvalue weighted by Crippen LogP contribution is 2.52. The number of carbonyl (C=O) groups is 4. The number of halogens is 12. The number of aromatic nitrogens is 6. The molecule has 4 heterocycles. The highest BCUT2D eigenvalue weighted by Gasteiger charge is 2.68. The number of benzene rings is 2. The summed E-state index contributed by atoms with van der Waals surface area (Å²) >= 11 is 0. The Kier molecular flexibility index (Phi) is 28.4. The lowest BCUT2D eigenvalue weighted by Crippen LogP contribution is -2.55. The van der Waals surface area contributed by atoms with Gasteiger partial charge in [-0.15, -0.1) is 40.1 Å². The van der Waals surface area contributed by atoms with Crippen LogP contribution < -0.4 is 20.1 Å². The van der Waals surface area contributed by atoms with Gasteiger partial charge >= 0.3 is 49.1 Å². The van der Waals surface area contributed by atoms with E-state index >= 15 is 26.3 Å². The molecule has 36 heteroatoms. The molecular weight excluding hydrogens is 1480 g/mol. The Balaban J connectivity index is 0.000000396. The van der Waals surface area contributed by atoms with Gasteiger partial charge in [-0.25, -0.2) is 24.2 Å². The standard InChI is InChI=1S/C40H50F6N4O8.C34H40F6N4O8/c1-13-15-19-24(3)54-30-26(39(41,42)43)22-27(50(33(51)57-36(7,8)9)34(52)58-37(10,11)12)29(47-30)31-48-49-32(55-31)38(40(44,45)46,28(14-2)56-35(4,5)6)53-23-25-20-17-16-18-21-25;1-11-22(50-29(2,3)4)32(34(38,39)40,48-18-19-15-13-12-14-16-19)26-43-42-25(49-26)23-21(17-20(24(45)41-23)33(35,36)37)44(27(46)51-30(5,6)7)28(47)52-31(8,9)10/h13-14,16-18,20-22,24,28H,1-2,15,19,23H2,3-12H3;11-17,22H,1,18H2,2-10H3,(H,41,45)/t24-,28?,38?;/m1./s1. The third-order valence-corrected chi connectivity index (χ3v) is 14.0. The Morgan fingerprint density at radius 3 is 1.19 bits per heavy atom. The molecule has 0 radical (unpaired) electrons. The molecule has 4 unspecified atom stereocenters. The molecule has 0 fully saturated rings. The summed E-state index contributed by atoms with van der Waals surface area (Å²) in [4.78, 5) is 73.2. The van der Waals surface area contributed by atoms with Crippen molar-refractivity contribution in [3.63, 3.8) is 0 Å². The molecule has 606 valence electrons. The predicted molar refractivity (Wildman–Crippen MR) is 375 cm³/mol. The Labute approximate surface area is 626 Å². The summed E-state index contributed by atoms with van der Waals surface area (Å²) < 4.78 is 241. The molecule has 1 N–H and O–H groups in total. The van der Waals surface area contributed by atoms with Gasteiger partial charge in [0, 0.05) is 0 Å². The Morgan fingerprint density at radius 1 is 0.500 bits per heavy atom. The second kappa shape index (κ2) is 34.3. The van der Waals surface area contributed by atoms with Crippen LogP contribution in [0.5, 0.6) is 5.88 Å². The van der Waals surface area contributed by atoms with E-state index in [4.69, 9.17) is 51.5 Å². The summed E-state index contributed by atoms with van der Waals surface area (Å²) in [5.74, 6) is -5.75. The number of nitrogens with zero attached hydrogens (tertiary/aromatic N) is 7. The Hall–Kier alpha value is -9.68. The van der Waals surface area contributed by atoms with Crippen LogP contribution in [0.2, 0.25) is 0 Å². The second-order valence-electron chi connectivity index (χ2n) is 30.5. The van der Waals surface area contributed by atoms with Crippen molar-refractivity contribution < 1.29 is 123 Å². The van der Waals surface area contributed by atoms with Crippen LogP contribution in [-0.4, -0.2) is 119 Å². The zero-order valence-corrected chi connectivity index (χ0v) is 64.0. The summed E-state index contributed by atoms with van der Waals surface area (Å²) in [7, 11) is 0. The number of imide groups is 2. The minimum atomic E-state index is -5.41. The van der Waals surface area contributed by atoms with Gasteiger partial charge in [0.15, 0.2) is 5.69 Å². The van der Waals surface area contributed by atoms with Crippen molar-refractivity contribution in [3.8, 4) is 29.0 Å². The number of rotatable bonds is 23. The molecular formula is C74H90F12N8O16. The number of pyridine rings is 2. The maximum Gasteiger partial charge on any atom is 0.429 e. The van der Waals surface area contributed by atoms with Gasteiger partial charge in [0.2, 0.25) is 5.88 Å². The van der Waals surface area contributed by atoms with E-state index in [0.29, 0.717) is 18.1 Å². The molecule has 0 saturated heterocycles. The zero-order valence-electron chi connectivity index (χ0n) is 64.0. The first-order chi connectivity index (χ1) is 50.1. The number of carbonyl (C=O) groups excluding carboxylic acids is 4. The number of amides is 4. The summed E-state index contributed by atoms with van der Waals surface area (Å²) in [6.07, 6.45) is -29.1. The molecule has 0 spiro atoms. The lowest BCUT2D eigenvalue weighted by Gasteiger charge is -2.40. The van der Waals surface area contributed by atoms with E-state index in [1.54, 1.807) is 36.4 Å². The van der Waals surface area contributed by atoms with Gasteiger partial charge in [-0.3, -0.25) is 4.79 Å². The van der Waals surface area contributed by atoms with Crippen LogP contribution in [0.15, 0.2) is 124 Å². The largest absolute Gasteiger partial charge is 0.474 e. The average molecular weight is 1580 g/mol. The van der Waals surface area contributed by atoms with Crippen LogP contribution in [0.25, 0.3) is 23.2 Å². The summed E-state index contributed by atoms with van der Waals surface area (Å²) in [6.45, 7) is 36.4. The number of anilines is 2. The summed E-state index contributed by atoms with van der Waals surface area (Å²) in [5, 5.41) is 14.7. The van der Waals surface area contributed by atoms with Gasteiger partial charge in [0.25, 0.3) is 40.3 Å². The molecule has 0 aliphatic carbocycles. The van der Waals surface area contributed by atoms with Gasteiger partial charge in [-0.2, -0.15) is 62.5 Å². The molecule has 6 rings (SSSR count). The molecule has 0 saturated carbocycles. The SMILES string of the molecule is C=CC(OC(C)(C)C)C(OCc1ccccc1)(c1nnc(-c2[nH]c(=O)c(C(F)(F)F)cc2N(C(=O)OC(C)(C)C)C(=O)OC(C)(C)C)o1)C(F)(F)F.C=CCC[C@@H](C)Oc1nc(-c2nnc(C(OCc3ccccc3)(C(C=C)OC(C)(C)C)C(F)(F)F)o2)c(N(C(=O)OC(C)(C)C)C(=O)OC(C)(C)C)cc1C(F)(F)F. The third kappa shape index (κ3) is 24.2. The highest BCUT2D eigenvalue weighted by molar-refractivity contribution is 6.12. The normalized spacial score (nSPS) is 14.8. The van der Waals surface area contributed by atoms with Gasteiger partial charge in [0.05, 0.1) is 41.9 Å². The molecule has 4 aromatic heterocycles. The van der Waals surface area contributed by atoms with Crippen molar-refractivity contribution in [2.75, 3.05) is 9.80 Å². The lowest BCUT2D eigenvalue weighted by atomic mass is 9.93. The maximum absolute atomic E-state index is 15.7. The predicted octanol–water partition coefficient (Wildman–Crippen LogP) is 19.4. The quantitative estimate of drug-likeness (QED) is 0.0354. The topological polar surface area (TPSA) is 281 Å². The fourth-order valence-corrected chi connectivity index (χ4v) is 9.65. The van der Waals surface area contributed by atoms with Crippen molar-refractivity contribution in [2.45, 2.75) is 245 Å². The average Bonchev–Trinajstić information content (AvgIpc) is 1.48. The van der Waals surface area contributed by atoms with E-state index in [1.165, 1.54) is 162 Å². The van der Waals surface area contributed by atoms with Crippen LogP contribution in [0.3, 0.4) is 0 Å². The molecule has 24 nitrogen and oxygen atoms in total. The molecule has 0 aliphatic heterocycles. The van der Waals surface area contributed by atoms with E-state index in [0.717, 1.165) is 12.2 Å². The van der Waals surface area contributed by atoms with Crippen LogP contribution in [-0.2, 0) is 74.7 Å². The van der Waals surface area contributed by atoms with E-state index in [2.05, 4.69) is 45.1 Å². The third-order valence-electron chi connectivity index (χ3n) is 14.0. The molecule has 6 aromatic rings. The monoisotopic (exact) mass is 1570 g/mol. The maximum atomic E-state index is 15.7. The van der Waals surface area contributed by atoms with E-state index in [-0.39, 0.29) is 27.9 Å². The van der Waals surface area contributed by atoms with Gasteiger partial charge in [-0.1, -0.05) is 78.9 Å². The Bertz CT molecular complexity index is 4180. The smallest absolute Gasteiger partial charge is 0.429 e. The first-order valence-electron chi connectivity index (χ1n) is 33.7. The van der Waals surface area contributed by atoms with Crippen molar-refractivity contribution in [1.82, 2.24) is 30.4 Å². The molecule has 5 atom stereocenters. The van der Waals surface area contributed by atoms with Crippen LogP contribution in [0.4, 0.5) is 83.2 Å². The minimum absolute atomic E-state index is 0.0130. The first-order valence-corrected chi connectivity index (χ1v) is 33.7. The number of ether oxygens (including phenoxy) is 9. The van der Waals surface area contributed by atoms with Gasteiger partial charge < -0.3 is 56.5 Å². The highest BCUT2D eigenvalue weighted by atomic mass is 19.4. The van der Waals surface area contributed by atoms with Crippen molar-refractivity contribution in [2.24, 2.45) is 0 Å². The van der Waals surface area contributed by atoms with Crippen molar-refractivity contribution in [1.29, 1.82) is 0 Å². The van der Waals surface area contributed by atoms with Crippen LogP contribution in [0.1, 0.15) is 178 Å². The van der Waals surface area contributed by atoms with Crippen molar-refractivity contribution in [3.05, 3.63) is 155 Å². The number of hydrogen-bond acceptors (Lipinski definition) is 21. The van der Waals surface area contributed by atoms with Gasteiger partial charge in [0.1, 0.15) is 51.4 Å². The fourth-order valence-electron chi connectivity index (χ4n) is 9.65. The van der Waals surface area contributed by atoms with Crippen LogP contribution in [0, 0.1) is 0 Å². The number of nitrogens with one attached hydrogen (secondary N) is 1. The summed E-state index contributed by atoms with van der Waals surface area (Å²) in [5.41, 5.74) is -23.7. The first kappa shape index (κ1) is 90.9. The molecule has 110 heavy (non-hydrogen) atoms. The van der Waals surface area contributed by atoms with Crippen molar-refractivity contribution >= 4 is 35.7 Å². The molecule has 0 bridgehead atoms. The summed E-state index contributed by atoms with van der Waals surface area (Å²) in [6, 6.07) is 15.9. The number of aromatic amines is 1. The van der Waals surface area contributed by atoms with E-state index in [9.17, 15) is 50.3 Å². The number of H-pyrrole nitrogens is 1. The Morgan fingerprint density at radius 2 is 0.855 bits per heavy atom. The van der Waals surface area contributed by atoms with Gasteiger partial charge in [-0.05, 0) is 168 Å². The number of allylic oxidation sites excluding steroid dienone is 1. The fraction of sp³-hybridized carbons (Fsp3) is 0.514. The molecule has 2 aromatic carbocycles. The van der Waals surface area contributed by atoms with E-state index in [1.807, 2.05) is 4.98 Å². The number of alkyl halides is 12. The second-order valence-corrected chi connectivity index (χ2v) is 30.5. The number of hydrogen-bond donors (Lipinski definition) is 1.